The predicted octanol–water partition coefficient (Wildman–Crippen LogP) is 3.92. The molecule has 0 fully saturated rings. The molecular formula is C15H18ClN3O2S. The molecular weight excluding hydrogens is 322 g/mol. The molecule has 0 unspecified atom stereocenters. The molecule has 0 bridgehead atoms. The number of nitrogens with zero attached hydrogens (tertiary/aromatic N) is 3. The topological polar surface area (TPSA) is 47.4 Å². The van der Waals surface area contributed by atoms with E-state index in [1.807, 2.05) is 32.0 Å². The van der Waals surface area contributed by atoms with E-state index in [0.717, 1.165) is 16.2 Å². The largest absolute Gasteiger partial charge is 0.496 e. The quantitative estimate of drug-likeness (QED) is 0.847. The maximum atomic E-state index is 12.1. The number of rotatable bonds is 4. The summed E-state index contributed by atoms with van der Waals surface area (Å²) >= 11 is 7.61. The van der Waals surface area contributed by atoms with E-state index in [9.17, 15) is 4.79 Å². The molecule has 0 radical (unpaired) electrons. The van der Waals surface area contributed by atoms with Crippen LogP contribution >= 0.6 is 23.4 Å². The van der Waals surface area contributed by atoms with Crippen molar-refractivity contribution in [2.45, 2.75) is 23.8 Å². The Morgan fingerprint density at radius 3 is 2.86 bits per heavy atom. The first-order valence-corrected chi connectivity index (χ1v) is 7.99. The number of halogens is 1. The first-order valence-electron chi connectivity index (χ1n) is 6.80. The highest BCUT2D eigenvalue weighted by atomic mass is 35.5. The number of ether oxygens (including phenoxy) is 1. The van der Waals surface area contributed by atoms with Crippen molar-refractivity contribution in [2.75, 3.05) is 20.7 Å². The predicted molar refractivity (Wildman–Crippen MR) is 88.2 cm³/mol. The number of hydrogen-bond donors (Lipinski definition) is 0. The Hall–Kier alpha value is -1.66. The number of carbonyl (C=O) groups excluding carboxylic acids is 1. The van der Waals surface area contributed by atoms with Gasteiger partial charge in [0.1, 0.15) is 10.8 Å². The fourth-order valence-electron chi connectivity index (χ4n) is 1.83. The summed E-state index contributed by atoms with van der Waals surface area (Å²) in [5.41, 5.74) is 1.06. The Kier molecular flexibility index (Phi) is 5.37. The Morgan fingerprint density at radius 1 is 1.50 bits per heavy atom. The van der Waals surface area contributed by atoms with Crippen LogP contribution < -0.4 is 4.74 Å². The highest BCUT2D eigenvalue weighted by molar-refractivity contribution is 7.99. The summed E-state index contributed by atoms with van der Waals surface area (Å²) in [6.45, 7) is 4.49. The van der Waals surface area contributed by atoms with Gasteiger partial charge in [0.25, 0.3) is 0 Å². The van der Waals surface area contributed by atoms with Crippen LogP contribution in [0.15, 0.2) is 34.3 Å². The summed E-state index contributed by atoms with van der Waals surface area (Å²) in [6, 6.07) is 5.59. The van der Waals surface area contributed by atoms with E-state index < -0.39 is 0 Å². The van der Waals surface area contributed by atoms with E-state index in [0.29, 0.717) is 16.6 Å². The van der Waals surface area contributed by atoms with Gasteiger partial charge in [-0.3, -0.25) is 0 Å². The molecule has 0 atom stereocenters. The van der Waals surface area contributed by atoms with Crippen molar-refractivity contribution in [3.8, 4) is 5.75 Å². The third kappa shape index (κ3) is 3.39. The molecule has 0 aliphatic heterocycles. The number of amides is 1. The molecule has 0 saturated carbocycles. The molecule has 0 aliphatic rings. The summed E-state index contributed by atoms with van der Waals surface area (Å²) in [4.78, 5) is 14.6. The molecule has 1 aromatic carbocycles. The van der Waals surface area contributed by atoms with Gasteiger partial charge in [-0.05, 0) is 25.5 Å². The van der Waals surface area contributed by atoms with Crippen LogP contribution in [-0.2, 0) is 0 Å². The van der Waals surface area contributed by atoms with Gasteiger partial charge in [-0.2, -0.15) is 9.78 Å². The van der Waals surface area contributed by atoms with Crippen molar-refractivity contribution < 1.29 is 9.53 Å². The molecule has 1 amide bonds. The monoisotopic (exact) mass is 339 g/mol. The van der Waals surface area contributed by atoms with Crippen LogP contribution in [0.25, 0.3) is 0 Å². The second-order valence-corrected chi connectivity index (χ2v) is 6.14. The Morgan fingerprint density at radius 2 is 2.23 bits per heavy atom. The summed E-state index contributed by atoms with van der Waals surface area (Å²) in [5.74, 6) is 0.757. The van der Waals surface area contributed by atoms with Crippen LogP contribution in [0.2, 0.25) is 5.02 Å². The van der Waals surface area contributed by atoms with Gasteiger partial charge < -0.3 is 9.64 Å². The van der Waals surface area contributed by atoms with Crippen LogP contribution in [0, 0.1) is 6.92 Å². The molecule has 7 heteroatoms. The van der Waals surface area contributed by atoms with Gasteiger partial charge in [-0.25, -0.2) is 4.79 Å². The minimum atomic E-state index is -0.215. The van der Waals surface area contributed by atoms with Crippen LogP contribution in [0.5, 0.6) is 5.75 Å². The second-order valence-electron chi connectivity index (χ2n) is 4.73. The van der Waals surface area contributed by atoms with Crippen LogP contribution in [0.3, 0.4) is 0 Å². The third-order valence-corrected chi connectivity index (χ3v) is 4.84. The highest BCUT2D eigenvalue weighted by Crippen LogP contribution is 2.39. The van der Waals surface area contributed by atoms with Crippen LogP contribution in [0.1, 0.15) is 12.5 Å². The van der Waals surface area contributed by atoms with Gasteiger partial charge in [0.15, 0.2) is 0 Å². The molecule has 1 aromatic heterocycles. The standard InChI is InChI=1S/C15H18ClN3O2S/c1-5-18(3)15(20)19-9-11(16)14(17-19)22-13-10(2)7-6-8-12(13)21-4/h6-9H,5H2,1-4H3. The lowest BCUT2D eigenvalue weighted by Gasteiger charge is -2.13. The van der Waals surface area contributed by atoms with Crippen LogP contribution in [0.4, 0.5) is 4.79 Å². The zero-order chi connectivity index (χ0) is 16.3. The van der Waals surface area contributed by atoms with E-state index in [1.54, 1.807) is 19.1 Å². The summed E-state index contributed by atoms with van der Waals surface area (Å²) in [7, 11) is 3.34. The van der Waals surface area contributed by atoms with E-state index in [2.05, 4.69) is 5.10 Å². The lowest BCUT2D eigenvalue weighted by atomic mass is 10.2. The summed E-state index contributed by atoms with van der Waals surface area (Å²) in [5, 5.41) is 5.31. The summed E-state index contributed by atoms with van der Waals surface area (Å²) < 4.78 is 6.64. The number of aryl methyl sites for hydroxylation is 1. The Balaban J connectivity index is 2.32. The normalized spacial score (nSPS) is 10.6. The fraction of sp³-hybridized carbons (Fsp3) is 0.333. The van der Waals surface area contributed by atoms with E-state index in [4.69, 9.17) is 16.3 Å². The van der Waals surface area contributed by atoms with Gasteiger partial charge in [0.2, 0.25) is 0 Å². The number of aromatic nitrogens is 2. The zero-order valence-electron chi connectivity index (χ0n) is 13.0. The SMILES string of the molecule is CCN(C)C(=O)n1cc(Cl)c(Sc2c(C)cccc2OC)n1. The molecule has 0 saturated heterocycles. The maximum absolute atomic E-state index is 12.1. The Labute approximate surface area is 139 Å². The first kappa shape index (κ1) is 16.7. The van der Waals surface area contributed by atoms with Crippen molar-refractivity contribution in [3.05, 3.63) is 35.0 Å². The number of methoxy groups -OCH3 is 1. The second kappa shape index (κ2) is 7.07. The molecule has 0 spiro atoms. The molecule has 1 heterocycles. The van der Waals surface area contributed by atoms with E-state index in [1.165, 1.54) is 22.6 Å². The van der Waals surface area contributed by atoms with Gasteiger partial charge in [-0.15, -0.1) is 0 Å². The van der Waals surface area contributed by atoms with E-state index >= 15 is 0 Å². The number of carbonyl (C=O) groups is 1. The maximum Gasteiger partial charge on any atom is 0.344 e. The molecule has 22 heavy (non-hydrogen) atoms. The number of hydrogen-bond acceptors (Lipinski definition) is 4. The summed E-state index contributed by atoms with van der Waals surface area (Å²) in [6.07, 6.45) is 1.53. The molecule has 2 aromatic rings. The van der Waals surface area contributed by atoms with Crippen molar-refractivity contribution in [2.24, 2.45) is 0 Å². The van der Waals surface area contributed by atoms with Gasteiger partial charge in [-0.1, -0.05) is 35.5 Å². The van der Waals surface area contributed by atoms with Crippen LogP contribution in [-0.4, -0.2) is 41.4 Å². The fourth-order valence-corrected chi connectivity index (χ4v) is 3.03. The molecule has 118 valence electrons. The van der Waals surface area contributed by atoms with Gasteiger partial charge in [0.05, 0.1) is 23.2 Å². The smallest absolute Gasteiger partial charge is 0.344 e. The minimum absolute atomic E-state index is 0.215. The molecule has 2 rings (SSSR count). The number of benzene rings is 1. The Bertz CT molecular complexity index is 687. The minimum Gasteiger partial charge on any atom is -0.496 e. The highest BCUT2D eigenvalue weighted by Gasteiger charge is 2.17. The van der Waals surface area contributed by atoms with Crippen molar-refractivity contribution >= 4 is 29.4 Å². The third-order valence-electron chi connectivity index (χ3n) is 3.23. The molecule has 0 N–H and O–H groups in total. The molecule has 5 nitrogen and oxygen atoms in total. The van der Waals surface area contributed by atoms with Gasteiger partial charge >= 0.3 is 6.03 Å². The van der Waals surface area contributed by atoms with E-state index in [-0.39, 0.29) is 6.03 Å². The van der Waals surface area contributed by atoms with Gasteiger partial charge in [0, 0.05) is 13.6 Å². The van der Waals surface area contributed by atoms with Crippen molar-refractivity contribution in [1.82, 2.24) is 14.7 Å². The molecule has 0 aliphatic carbocycles. The lowest BCUT2D eigenvalue weighted by Crippen LogP contribution is -2.31. The average molecular weight is 340 g/mol. The zero-order valence-corrected chi connectivity index (χ0v) is 14.5. The lowest BCUT2D eigenvalue weighted by molar-refractivity contribution is 0.209. The van der Waals surface area contributed by atoms with Crippen molar-refractivity contribution in [1.29, 1.82) is 0 Å². The average Bonchev–Trinajstić information content (AvgIpc) is 2.88. The first-order chi connectivity index (χ1) is 10.5. The van der Waals surface area contributed by atoms with Crippen molar-refractivity contribution in [3.63, 3.8) is 0 Å².